The molecule has 0 aromatic heterocycles. The van der Waals surface area contributed by atoms with Gasteiger partial charge in [0.15, 0.2) is 5.78 Å². The maximum Gasteiger partial charge on any atom is 0.160 e. The molecule has 0 atom stereocenters. The van der Waals surface area contributed by atoms with Crippen LogP contribution in [0.2, 0.25) is 0 Å². The number of rotatable bonds is 8. The minimum Gasteiger partial charge on any atom is -0.387 e. The van der Waals surface area contributed by atoms with Gasteiger partial charge in [-0.1, -0.05) is 135 Å². The molecule has 3 N–H and O–H groups in total. The van der Waals surface area contributed by atoms with Gasteiger partial charge in [-0.25, -0.2) is 0 Å². The minimum atomic E-state index is -0.498. The Morgan fingerprint density at radius 1 is 0.587 bits per heavy atom. The average Bonchev–Trinajstić information content (AvgIpc) is 3.05. The highest BCUT2D eigenvalue weighted by molar-refractivity contribution is 5.88. The van der Waals surface area contributed by atoms with Crippen LogP contribution in [0.25, 0.3) is 0 Å². The van der Waals surface area contributed by atoms with Gasteiger partial charge in [-0.2, -0.15) is 0 Å². The second-order valence-corrected chi connectivity index (χ2v) is 12.6. The lowest BCUT2D eigenvalue weighted by molar-refractivity contribution is -0.130. The normalized spacial score (nSPS) is 18.0. The van der Waals surface area contributed by atoms with E-state index in [-0.39, 0.29) is 30.1 Å². The third-order valence-corrected chi connectivity index (χ3v) is 9.17. The molecule has 3 aliphatic rings. The number of aliphatic hydroxyl groups is 2. The minimum absolute atomic E-state index is 0. The summed E-state index contributed by atoms with van der Waals surface area (Å²) in [6.45, 7) is 8.24. The van der Waals surface area contributed by atoms with Crippen molar-refractivity contribution in [3.63, 3.8) is 0 Å². The Labute approximate surface area is 280 Å². The Bertz CT molecular complexity index is 1370. The molecule has 4 aromatic carbocycles. The van der Waals surface area contributed by atoms with Gasteiger partial charge >= 0.3 is 0 Å². The van der Waals surface area contributed by atoms with Crippen LogP contribution in [0.5, 0.6) is 0 Å². The molecule has 0 saturated carbocycles. The molecule has 0 unspecified atom stereocenters. The van der Waals surface area contributed by atoms with Crippen molar-refractivity contribution in [2.75, 3.05) is 39.3 Å². The van der Waals surface area contributed by atoms with Crippen LogP contribution < -0.4 is 5.32 Å². The van der Waals surface area contributed by atoms with Gasteiger partial charge in [-0.15, -0.1) is 12.4 Å². The Hall–Kier alpha value is -3.36. The van der Waals surface area contributed by atoms with Crippen molar-refractivity contribution in [2.45, 2.75) is 50.0 Å². The fourth-order valence-corrected chi connectivity index (χ4v) is 6.14. The predicted molar refractivity (Wildman–Crippen MR) is 188 cm³/mol. The van der Waals surface area contributed by atoms with Crippen molar-refractivity contribution in [1.29, 1.82) is 0 Å². The summed E-state index contributed by atoms with van der Waals surface area (Å²) >= 11 is 0. The van der Waals surface area contributed by atoms with Gasteiger partial charge in [0.1, 0.15) is 0 Å². The Kier molecular flexibility index (Phi) is 12.7. The fraction of sp³-hybridized carbons (Fsp3) is 0.359. The smallest absolute Gasteiger partial charge is 0.160 e. The molecule has 7 heteroatoms. The maximum absolute atomic E-state index is 11.2. The Morgan fingerprint density at radius 2 is 0.913 bits per heavy atom. The number of β-amino-alcohol motifs (C(OH)–C–C–N with tert-alkyl or cyclic N) is 2. The van der Waals surface area contributed by atoms with Crippen molar-refractivity contribution in [2.24, 2.45) is 0 Å². The molecule has 244 valence electrons. The van der Waals surface area contributed by atoms with Crippen molar-refractivity contribution in [3.05, 3.63) is 144 Å². The molecule has 3 aliphatic heterocycles. The zero-order chi connectivity index (χ0) is 31.7. The molecular weight excluding hydrogens is 594 g/mol. The number of likely N-dealkylation sites (tertiary alicyclic amines) is 2. The summed E-state index contributed by atoms with van der Waals surface area (Å²) in [5.41, 5.74) is 4.23. The van der Waals surface area contributed by atoms with Crippen LogP contribution in [0.1, 0.15) is 61.0 Å². The molecule has 0 amide bonds. The van der Waals surface area contributed by atoms with Crippen molar-refractivity contribution < 1.29 is 15.0 Å². The standard InChI is InChI=1S/C18H21NO.C16H15NO.C5H11NO.ClH/c1-2-18(20)13-19(14-18)17(15-9-5-3-6-10-15)16-11-7-4-8-12-16;18-15-11-17(12-15)16(13-7-3-1-4-8-13)14-9-5-2-6-10-14;1-2-5(7)3-6-4-5;/h3-12,17,20H,2,13-14H2,1H3;1-10,16H,11-12H2;6-7H,2-4H2,1H3;1H. The number of benzene rings is 4. The lowest BCUT2D eigenvalue weighted by Gasteiger charge is -2.50. The van der Waals surface area contributed by atoms with Crippen LogP contribution in [0.15, 0.2) is 121 Å². The van der Waals surface area contributed by atoms with Crippen molar-refractivity contribution >= 4 is 18.2 Å². The summed E-state index contributed by atoms with van der Waals surface area (Å²) in [5.74, 6) is 0.326. The summed E-state index contributed by atoms with van der Waals surface area (Å²) < 4.78 is 0. The Balaban J connectivity index is 0.000000171. The van der Waals surface area contributed by atoms with E-state index in [0.29, 0.717) is 18.9 Å². The lowest BCUT2D eigenvalue weighted by atomic mass is 9.86. The van der Waals surface area contributed by atoms with Gasteiger partial charge < -0.3 is 15.5 Å². The molecular formula is C39H48ClN3O3. The molecule has 3 heterocycles. The highest BCUT2D eigenvalue weighted by Crippen LogP contribution is 2.37. The van der Waals surface area contributed by atoms with Gasteiger partial charge in [0.2, 0.25) is 0 Å². The van der Waals surface area contributed by atoms with E-state index < -0.39 is 5.60 Å². The number of nitrogens with one attached hydrogen (secondary N) is 1. The Morgan fingerprint density at radius 3 is 1.15 bits per heavy atom. The van der Waals surface area contributed by atoms with E-state index in [0.717, 1.165) is 39.0 Å². The third-order valence-electron chi connectivity index (χ3n) is 9.17. The number of Topliss-reactive ketones (excluding diaryl/α,β-unsaturated/α-hetero) is 1. The summed E-state index contributed by atoms with van der Waals surface area (Å²) in [4.78, 5) is 15.8. The largest absolute Gasteiger partial charge is 0.387 e. The first kappa shape index (κ1) is 35.5. The summed E-state index contributed by atoms with van der Waals surface area (Å²) in [6.07, 6.45) is 1.69. The zero-order valence-corrected chi connectivity index (χ0v) is 27.8. The van der Waals surface area contributed by atoms with E-state index in [4.69, 9.17) is 5.11 Å². The third kappa shape index (κ3) is 8.91. The number of ketones is 1. The van der Waals surface area contributed by atoms with Crippen LogP contribution in [-0.2, 0) is 4.79 Å². The molecule has 0 radical (unpaired) electrons. The topological polar surface area (TPSA) is 76.0 Å². The van der Waals surface area contributed by atoms with E-state index in [2.05, 4.69) is 94.8 Å². The van der Waals surface area contributed by atoms with Gasteiger partial charge in [0.25, 0.3) is 0 Å². The molecule has 0 aliphatic carbocycles. The first-order valence-electron chi connectivity index (χ1n) is 16.2. The molecule has 4 aromatic rings. The van der Waals surface area contributed by atoms with Crippen molar-refractivity contribution in [3.8, 4) is 0 Å². The first-order valence-corrected chi connectivity index (χ1v) is 16.2. The van der Waals surface area contributed by atoms with E-state index in [1.165, 1.54) is 22.3 Å². The molecule has 3 saturated heterocycles. The zero-order valence-electron chi connectivity index (χ0n) is 27.0. The number of carbonyl (C=O) groups excluding carboxylic acids is 1. The molecule has 0 spiro atoms. The van der Waals surface area contributed by atoms with Crippen LogP contribution in [0.3, 0.4) is 0 Å². The van der Waals surface area contributed by atoms with E-state index >= 15 is 0 Å². The van der Waals surface area contributed by atoms with Crippen LogP contribution >= 0.6 is 12.4 Å². The van der Waals surface area contributed by atoms with E-state index in [1.54, 1.807) is 0 Å². The molecule has 46 heavy (non-hydrogen) atoms. The summed E-state index contributed by atoms with van der Waals surface area (Å²) in [6, 6.07) is 42.3. The predicted octanol–water partition coefficient (Wildman–Crippen LogP) is 6.05. The second kappa shape index (κ2) is 16.5. The monoisotopic (exact) mass is 641 g/mol. The average molecular weight is 642 g/mol. The lowest BCUT2D eigenvalue weighted by Crippen LogP contribution is -2.62. The highest BCUT2D eigenvalue weighted by Gasteiger charge is 2.43. The van der Waals surface area contributed by atoms with Gasteiger partial charge in [-0.3, -0.25) is 14.6 Å². The summed E-state index contributed by atoms with van der Waals surface area (Å²) in [5, 5.41) is 22.4. The van der Waals surface area contributed by atoms with Crippen LogP contribution in [0.4, 0.5) is 0 Å². The van der Waals surface area contributed by atoms with Crippen molar-refractivity contribution in [1.82, 2.24) is 15.1 Å². The van der Waals surface area contributed by atoms with E-state index in [9.17, 15) is 9.90 Å². The second-order valence-electron chi connectivity index (χ2n) is 12.6. The number of hydrogen-bond acceptors (Lipinski definition) is 6. The van der Waals surface area contributed by atoms with Gasteiger partial charge in [-0.05, 0) is 35.1 Å². The number of halogens is 1. The summed E-state index contributed by atoms with van der Waals surface area (Å²) in [7, 11) is 0. The number of carbonyl (C=O) groups is 1. The molecule has 3 fully saturated rings. The highest BCUT2D eigenvalue weighted by atomic mass is 35.5. The van der Waals surface area contributed by atoms with Gasteiger partial charge in [0, 0.05) is 26.2 Å². The SMILES string of the molecule is CCC1(O)CN(C(c2ccccc2)c2ccccc2)C1.CCC1(O)CNC1.Cl.O=C1CN(C(c2ccccc2)c2ccccc2)C1. The fourth-order valence-electron chi connectivity index (χ4n) is 6.14. The van der Waals surface area contributed by atoms with Crippen LogP contribution in [-0.4, -0.2) is 76.3 Å². The first-order chi connectivity index (χ1) is 21.8. The van der Waals surface area contributed by atoms with Crippen LogP contribution in [0, 0.1) is 0 Å². The number of hydrogen-bond donors (Lipinski definition) is 3. The molecule has 7 rings (SSSR count). The van der Waals surface area contributed by atoms with Gasteiger partial charge in [0.05, 0.1) is 36.4 Å². The molecule has 6 nitrogen and oxygen atoms in total. The maximum atomic E-state index is 11.2. The number of nitrogens with zero attached hydrogens (tertiary/aromatic N) is 2. The molecule has 0 bridgehead atoms. The van der Waals surface area contributed by atoms with E-state index in [1.807, 2.05) is 55.5 Å². The quantitative estimate of drug-likeness (QED) is 0.218.